The summed E-state index contributed by atoms with van der Waals surface area (Å²) < 4.78 is 0. The zero-order valence-corrected chi connectivity index (χ0v) is 10.2. The molecule has 86 valence electrons. The average Bonchev–Trinajstić information content (AvgIpc) is 3.11. The van der Waals surface area contributed by atoms with Gasteiger partial charge in [0.05, 0.1) is 0 Å². The van der Waals surface area contributed by atoms with Crippen molar-refractivity contribution in [3.63, 3.8) is 0 Å². The zero-order valence-electron chi connectivity index (χ0n) is 10.2. The minimum Gasteiger partial charge on any atom is -0.310 e. The third kappa shape index (κ3) is 2.08. The second-order valence-corrected chi connectivity index (χ2v) is 6.39. The van der Waals surface area contributed by atoms with Gasteiger partial charge in [0.15, 0.2) is 0 Å². The van der Waals surface area contributed by atoms with E-state index in [9.17, 15) is 0 Å². The summed E-state index contributed by atoms with van der Waals surface area (Å²) in [4.78, 5) is 0. The van der Waals surface area contributed by atoms with Crippen molar-refractivity contribution in [2.24, 2.45) is 23.7 Å². The van der Waals surface area contributed by atoms with Gasteiger partial charge in [-0.3, -0.25) is 0 Å². The topological polar surface area (TPSA) is 12.0 Å². The van der Waals surface area contributed by atoms with Gasteiger partial charge in [-0.15, -0.1) is 0 Å². The first-order valence-electron chi connectivity index (χ1n) is 7.01. The summed E-state index contributed by atoms with van der Waals surface area (Å²) in [6.45, 7) is 4.88. The largest absolute Gasteiger partial charge is 0.310 e. The molecule has 3 unspecified atom stereocenters. The predicted molar refractivity (Wildman–Crippen MR) is 63.7 cm³/mol. The van der Waals surface area contributed by atoms with Crippen molar-refractivity contribution in [3.8, 4) is 0 Å². The van der Waals surface area contributed by atoms with Gasteiger partial charge in [0, 0.05) is 12.1 Å². The van der Waals surface area contributed by atoms with Crippen LogP contribution >= 0.6 is 0 Å². The molecule has 0 aromatic heterocycles. The fraction of sp³-hybridized carbons (Fsp3) is 1.00. The van der Waals surface area contributed by atoms with Crippen LogP contribution in [0, 0.1) is 23.7 Å². The molecule has 0 spiro atoms. The van der Waals surface area contributed by atoms with Crippen molar-refractivity contribution < 1.29 is 0 Å². The van der Waals surface area contributed by atoms with Gasteiger partial charge < -0.3 is 5.32 Å². The summed E-state index contributed by atoms with van der Waals surface area (Å²) in [5.41, 5.74) is 0. The third-order valence-corrected chi connectivity index (χ3v) is 5.13. The van der Waals surface area contributed by atoms with Crippen LogP contribution in [-0.2, 0) is 0 Å². The zero-order chi connectivity index (χ0) is 10.4. The van der Waals surface area contributed by atoms with Crippen molar-refractivity contribution in [2.75, 3.05) is 0 Å². The SMILES string of the molecule is CC1CCC(NC(C2CC2)C2CC2)C1C. The van der Waals surface area contributed by atoms with Gasteiger partial charge in [-0.05, 0) is 62.2 Å². The molecule has 0 amide bonds. The van der Waals surface area contributed by atoms with Gasteiger partial charge >= 0.3 is 0 Å². The summed E-state index contributed by atoms with van der Waals surface area (Å²) in [6.07, 6.45) is 8.89. The molecule has 0 aromatic rings. The van der Waals surface area contributed by atoms with E-state index in [1.807, 2.05) is 0 Å². The molecule has 3 atom stereocenters. The highest BCUT2D eigenvalue weighted by atomic mass is 15.0. The fourth-order valence-electron chi connectivity index (χ4n) is 3.41. The minimum atomic E-state index is 0.839. The highest BCUT2D eigenvalue weighted by molar-refractivity contribution is 4.99. The Morgan fingerprint density at radius 3 is 1.87 bits per heavy atom. The lowest BCUT2D eigenvalue weighted by Gasteiger charge is -2.26. The molecule has 1 heteroatoms. The Morgan fingerprint density at radius 2 is 1.47 bits per heavy atom. The van der Waals surface area contributed by atoms with Gasteiger partial charge in [0.2, 0.25) is 0 Å². The third-order valence-electron chi connectivity index (χ3n) is 5.13. The molecule has 3 aliphatic carbocycles. The summed E-state index contributed by atoms with van der Waals surface area (Å²) >= 11 is 0. The van der Waals surface area contributed by atoms with Crippen LogP contribution in [0.25, 0.3) is 0 Å². The average molecular weight is 207 g/mol. The Morgan fingerprint density at radius 1 is 0.867 bits per heavy atom. The van der Waals surface area contributed by atoms with Crippen molar-refractivity contribution >= 4 is 0 Å². The fourth-order valence-corrected chi connectivity index (χ4v) is 3.41. The first-order chi connectivity index (χ1) is 7.25. The first kappa shape index (κ1) is 10.1. The van der Waals surface area contributed by atoms with Crippen LogP contribution in [0.5, 0.6) is 0 Å². The molecule has 3 aliphatic rings. The maximum atomic E-state index is 4.02. The summed E-state index contributed by atoms with van der Waals surface area (Å²) in [7, 11) is 0. The van der Waals surface area contributed by atoms with Crippen LogP contribution in [0.2, 0.25) is 0 Å². The summed E-state index contributed by atoms with van der Waals surface area (Å²) in [5, 5.41) is 4.02. The van der Waals surface area contributed by atoms with E-state index in [0.717, 1.165) is 35.8 Å². The maximum Gasteiger partial charge on any atom is 0.0126 e. The Balaban J connectivity index is 1.58. The number of nitrogens with one attached hydrogen (secondary N) is 1. The van der Waals surface area contributed by atoms with Crippen molar-refractivity contribution in [3.05, 3.63) is 0 Å². The van der Waals surface area contributed by atoms with E-state index in [1.165, 1.54) is 38.5 Å². The van der Waals surface area contributed by atoms with E-state index in [4.69, 9.17) is 0 Å². The normalized spacial score (nSPS) is 41.4. The highest BCUT2D eigenvalue weighted by Crippen LogP contribution is 2.45. The van der Waals surface area contributed by atoms with Crippen LogP contribution < -0.4 is 5.32 Å². The van der Waals surface area contributed by atoms with Gasteiger partial charge in [0.1, 0.15) is 0 Å². The smallest absolute Gasteiger partial charge is 0.0126 e. The maximum absolute atomic E-state index is 4.02. The lowest BCUT2D eigenvalue weighted by molar-refractivity contribution is 0.303. The van der Waals surface area contributed by atoms with E-state index >= 15 is 0 Å². The van der Waals surface area contributed by atoms with Crippen molar-refractivity contribution in [2.45, 2.75) is 64.5 Å². The Hall–Kier alpha value is -0.0400. The lowest BCUT2D eigenvalue weighted by Crippen LogP contribution is -2.42. The van der Waals surface area contributed by atoms with E-state index in [-0.39, 0.29) is 0 Å². The van der Waals surface area contributed by atoms with E-state index < -0.39 is 0 Å². The Kier molecular flexibility index (Phi) is 2.54. The molecule has 0 heterocycles. The number of hydrogen-bond donors (Lipinski definition) is 1. The van der Waals surface area contributed by atoms with Gasteiger partial charge in [-0.1, -0.05) is 13.8 Å². The minimum absolute atomic E-state index is 0.839. The van der Waals surface area contributed by atoms with Gasteiger partial charge in [0.25, 0.3) is 0 Å². The molecule has 0 bridgehead atoms. The molecule has 0 radical (unpaired) electrons. The van der Waals surface area contributed by atoms with Crippen LogP contribution in [0.15, 0.2) is 0 Å². The van der Waals surface area contributed by atoms with Crippen LogP contribution in [0.1, 0.15) is 52.4 Å². The molecular formula is C14H25N. The molecule has 3 saturated carbocycles. The Bertz CT molecular complexity index is 217. The molecule has 15 heavy (non-hydrogen) atoms. The van der Waals surface area contributed by atoms with Crippen LogP contribution in [0.3, 0.4) is 0 Å². The van der Waals surface area contributed by atoms with E-state index in [0.29, 0.717) is 0 Å². The van der Waals surface area contributed by atoms with Gasteiger partial charge in [-0.25, -0.2) is 0 Å². The second-order valence-electron chi connectivity index (χ2n) is 6.39. The van der Waals surface area contributed by atoms with E-state index in [2.05, 4.69) is 19.2 Å². The summed E-state index contributed by atoms with van der Waals surface area (Å²) in [6, 6.07) is 1.74. The highest BCUT2D eigenvalue weighted by Gasteiger charge is 2.43. The van der Waals surface area contributed by atoms with Crippen molar-refractivity contribution in [1.29, 1.82) is 0 Å². The molecule has 0 aliphatic heterocycles. The molecule has 0 saturated heterocycles. The monoisotopic (exact) mass is 207 g/mol. The molecule has 0 aromatic carbocycles. The van der Waals surface area contributed by atoms with Crippen LogP contribution in [-0.4, -0.2) is 12.1 Å². The summed E-state index contributed by atoms with van der Waals surface area (Å²) in [5.74, 6) is 3.97. The molecule has 3 rings (SSSR count). The predicted octanol–water partition coefficient (Wildman–Crippen LogP) is 3.20. The standard InChI is InChI=1S/C14H25N/c1-9-3-8-13(10(9)2)15-14(11-4-5-11)12-6-7-12/h9-15H,3-8H2,1-2H3. The number of rotatable bonds is 4. The molecule has 3 fully saturated rings. The molecule has 1 N–H and O–H groups in total. The molecule has 1 nitrogen and oxygen atoms in total. The quantitative estimate of drug-likeness (QED) is 0.746. The van der Waals surface area contributed by atoms with Gasteiger partial charge in [-0.2, -0.15) is 0 Å². The molecular weight excluding hydrogens is 182 g/mol. The Labute approximate surface area is 94.0 Å². The second kappa shape index (κ2) is 3.76. The van der Waals surface area contributed by atoms with Crippen LogP contribution in [0.4, 0.5) is 0 Å². The number of hydrogen-bond acceptors (Lipinski definition) is 1. The lowest BCUT2D eigenvalue weighted by atomic mass is 9.96. The van der Waals surface area contributed by atoms with E-state index in [1.54, 1.807) is 0 Å². The van der Waals surface area contributed by atoms with Crippen molar-refractivity contribution in [1.82, 2.24) is 5.32 Å². The first-order valence-corrected chi connectivity index (χ1v) is 7.01.